The molecule has 0 bridgehead atoms. The van der Waals surface area contributed by atoms with Gasteiger partial charge in [-0.3, -0.25) is 0 Å². The molecular weight excluding hydrogens is 311 g/mol. The maximum absolute atomic E-state index is 11.3. The molecule has 2 aromatic rings. The fourth-order valence-electron chi connectivity index (χ4n) is 2.53. The molecule has 2 aromatic carbocycles. The van der Waals surface area contributed by atoms with Crippen molar-refractivity contribution in [2.75, 3.05) is 0 Å². The molecule has 3 nitrogen and oxygen atoms in total. The number of hydrogen-bond donors (Lipinski definition) is 2. The van der Waals surface area contributed by atoms with Crippen molar-refractivity contribution in [1.82, 2.24) is 0 Å². The van der Waals surface area contributed by atoms with Crippen LogP contribution in [0.2, 0.25) is 10.0 Å². The summed E-state index contributed by atoms with van der Waals surface area (Å²) in [7, 11) is 0. The Labute approximate surface area is 131 Å². The van der Waals surface area contributed by atoms with E-state index in [1.54, 1.807) is 12.1 Å². The van der Waals surface area contributed by atoms with Gasteiger partial charge in [0.15, 0.2) is 0 Å². The molecule has 0 saturated carbocycles. The number of fused-ring (bicyclic) bond motifs is 1. The maximum atomic E-state index is 11.3. The molecule has 0 fully saturated rings. The minimum absolute atomic E-state index is 0.0742. The second-order valence-electron chi connectivity index (χ2n) is 4.70. The van der Waals surface area contributed by atoms with E-state index in [9.17, 15) is 15.0 Å². The Hall–Kier alpha value is -1.81. The number of hydrogen-bond acceptors (Lipinski definition) is 2. The number of aromatic carboxylic acids is 1. The van der Waals surface area contributed by atoms with Crippen LogP contribution < -0.4 is 0 Å². The Bertz CT molecular complexity index is 781. The highest BCUT2D eigenvalue weighted by molar-refractivity contribution is 6.40. The molecule has 1 atom stereocenters. The molecule has 1 aliphatic rings. The van der Waals surface area contributed by atoms with Gasteiger partial charge in [-0.05, 0) is 28.8 Å². The van der Waals surface area contributed by atoms with Crippen molar-refractivity contribution in [1.29, 1.82) is 0 Å². The summed E-state index contributed by atoms with van der Waals surface area (Å²) in [4.78, 5) is 11.3. The van der Waals surface area contributed by atoms with Crippen LogP contribution in [0.25, 0.3) is 5.57 Å². The summed E-state index contributed by atoms with van der Waals surface area (Å²) in [6, 6.07) is 10.5. The first-order chi connectivity index (χ1) is 10.0. The van der Waals surface area contributed by atoms with Crippen LogP contribution in [-0.2, 0) is 0 Å². The highest BCUT2D eigenvalue weighted by atomic mass is 35.5. The number of benzene rings is 2. The van der Waals surface area contributed by atoms with E-state index >= 15 is 0 Å². The first-order valence-corrected chi connectivity index (χ1v) is 6.97. The van der Waals surface area contributed by atoms with Gasteiger partial charge < -0.3 is 10.2 Å². The van der Waals surface area contributed by atoms with Crippen LogP contribution >= 0.6 is 23.2 Å². The molecule has 2 N–H and O–H groups in total. The van der Waals surface area contributed by atoms with E-state index in [2.05, 4.69) is 0 Å². The van der Waals surface area contributed by atoms with E-state index in [4.69, 9.17) is 23.2 Å². The van der Waals surface area contributed by atoms with Crippen molar-refractivity contribution in [2.45, 2.75) is 6.10 Å². The molecular formula is C16H10Cl2O3. The molecule has 5 heteroatoms. The largest absolute Gasteiger partial charge is 0.478 e. The van der Waals surface area contributed by atoms with Crippen LogP contribution in [0, 0.1) is 0 Å². The zero-order chi connectivity index (χ0) is 15.1. The maximum Gasteiger partial charge on any atom is 0.338 e. The number of carbonyl (C=O) groups is 1. The topological polar surface area (TPSA) is 57.5 Å². The first-order valence-electron chi connectivity index (χ1n) is 6.21. The third-order valence-electron chi connectivity index (χ3n) is 3.49. The highest BCUT2D eigenvalue weighted by Gasteiger charge is 2.26. The fourth-order valence-corrected chi connectivity index (χ4v) is 3.16. The van der Waals surface area contributed by atoms with Crippen LogP contribution in [0.5, 0.6) is 0 Å². The first kappa shape index (κ1) is 14.1. The van der Waals surface area contributed by atoms with Gasteiger partial charge in [0.05, 0.1) is 21.7 Å². The molecule has 0 amide bonds. The molecule has 106 valence electrons. The minimum atomic E-state index is -1.18. The summed E-state index contributed by atoms with van der Waals surface area (Å²) >= 11 is 12.1. The predicted octanol–water partition coefficient (Wildman–Crippen LogP) is 4.17. The predicted molar refractivity (Wildman–Crippen MR) is 81.9 cm³/mol. The molecule has 0 heterocycles. The molecule has 0 aliphatic heterocycles. The second kappa shape index (κ2) is 5.19. The molecule has 0 spiro atoms. The van der Waals surface area contributed by atoms with E-state index in [1.807, 2.05) is 24.3 Å². The van der Waals surface area contributed by atoms with E-state index < -0.39 is 12.1 Å². The summed E-state index contributed by atoms with van der Waals surface area (Å²) < 4.78 is 0. The zero-order valence-electron chi connectivity index (χ0n) is 10.7. The molecule has 1 aliphatic carbocycles. The lowest BCUT2D eigenvalue weighted by Crippen LogP contribution is -2.01. The Morgan fingerprint density at radius 2 is 1.76 bits per heavy atom. The summed E-state index contributed by atoms with van der Waals surface area (Å²) in [5.74, 6) is -1.18. The summed E-state index contributed by atoms with van der Waals surface area (Å²) in [5.41, 5.74) is 2.74. The zero-order valence-corrected chi connectivity index (χ0v) is 12.2. The van der Waals surface area contributed by atoms with E-state index in [-0.39, 0.29) is 15.6 Å². The molecule has 21 heavy (non-hydrogen) atoms. The van der Waals surface area contributed by atoms with Gasteiger partial charge in [-0.2, -0.15) is 0 Å². The third-order valence-corrected chi connectivity index (χ3v) is 4.20. The number of aliphatic hydroxyl groups excluding tert-OH is 1. The van der Waals surface area contributed by atoms with Crippen molar-refractivity contribution in [3.8, 4) is 0 Å². The summed E-state index contributed by atoms with van der Waals surface area (Å²) in [5, 5.41) is 19.5. The van der Waals surface area contributed by atoms with Crippen LogP contribution in [0.1, 0.15) is 33.2 Å². The van der Waals surface area contributed by atoms with Gasteiger partial charge in [-0.25, -0.2) is 4.79 Å². The standard InChI is InChI=1S/C16H10Cl2O3/c17-12-6-5-10(15(18)14(12)16(20)21)11-7-13(19)9-4-2-1-3-8(9)11/h1-7,13,19H,(H,20,21). The molecule has 1 unspecified atom stereocenters. The van der Waals surface area contributed by atoms with Gasteiger partial charge in [0.25, 0.3) is 0 Å². The Kier molecular flexibility index (Phi) is 3.49. The lowest BCUT2D eigenvalue weighted by atomic mass is 9.97. The van der Waals surface area contributed by atoms with Crippen LogP contribution in [0.3, 0.4) is 0 Å². The molecule has 0 saturated heterocycles. The minimum Gasteiger partial charge on any atom is -0.478 e. The van der Waals surface area contributed by atoms with E-state index in [0.717, 1.165) is 11.1 Å². The van der Waals surface area contributed by atoms with Crippen LogP contribution in [0.4, 0.5) is 0 Å². The van der Waals surface area contributed by atoms with Gasteiger partial charge in [0.2, 0.25) is 0 Å². The monoisotopic (exact) mass is 320 g/mol. The van der Waals surface area contributed by atoms with Gasteiger partial charge in [-0.1, -0.05) is 53.5 Å². The number of carboxylic acid groups (broad SMARTS) is 1. The lowest BCUT2D eigenvalue weighted by molar-refractivity contribution is 0.0697. The average molecular weight is 321 g/mol. The Morgan fingerprint density at radius 1 is 1.05 bits per heavy atom. The number of halogens is 2. The number of aliphatic hydroxyl groups is 1. The van der Waals surface area contributed by atoms with Gasteiger partial charge >= 0.3 is 5.97 Å². The normalized spacial score (nSPS) is 16.5. The lowest BCUT2D eigenvalue weighted by Gasteiger charge is -2.11. The fraction of sp³-hybridized carbons (Fsp3) is 0.0625. The van der Waals surface area contributed by atoms with Crippen molar-refractivity contribution >= 4 is 34.7 Å². The second-order valence-corrected chi connectivity index (χ2v) is 5.49. The number of rotatable bonds is 2. The smallest absolute Gasteiger partial charge is 0.338 e. The summed E-state index contributed by atoms with van der Waals surface area (Å²) in [6.07, 6.45) is 0.932. The van der Waals surface area contributed by atoms with E-state index in [0.29, 0.717) is 11.1 Å². The van der Waals surface area contributed by atoms with Crippen LogP contribution in [-0.4, -0.2) is 16.2 Å². The highest BCUT2D eigenvalue weighted by Crippen LogP contribution is 2.42. The van der Waals surface area contributed by atoms with E-state index in [1.165, 1.54) is 6.07 Å². The van der Waals surface area contributed by atoms with Crippen molar-refractivity contribution < 1.29 is 15.0 Å². The Morgan fingerprint density at radius 3 is 2.48 bits per heavy atom. The quantitative estimate of drug-likeness (QED) is 0.873. The summed E-state index contributed by atoms with van der Waals surface area (Å²) in [6.45, 7) is 0. The van der Waals surface area contributed by atoms with Gasteiger partial charge in [0.1, 0.15) is 0 Å². The number of carboxylic acids is 1. The van der Waals surface area contributed by atoms with Gasteiger partial charge in [0, 0.05) is 5.56 Å². The SMILES string of the molecule is O=C(O)c1c(Cl)ccc(C2=CC(O)c3ccccc32)c1Cl. The van der Waals surface area contributed by atoms with Crippen molar-refractivity contribution in [2.24, 2.45) is 0 Å². The molecule has 0 aromatic heterocycles. The average Bonchev–Trinajstić information content (AvgIpc) is 2.76. The Balaban J connectivity index is 2.22. The van der Waals surface area contributed by atoms with Crippen molar-refractivity contribution in [3.05, 3.63) is 74.8 Å². The molecule has 0 radical (unpaired) electrons. The van der Waals surface area contributed by atoms with Crippen LogP contribution in [0.15, 0.2) is 42.5 Å². The third kappa shape index (κ3) is 2.23. The van der Waals surface area contributed by atoms with Gasteiger partial charge in [-0.15, -0.1) is 0 Å². The molecule has 3 rings (SSSR count). The van der Waals surface area contributed by atoms with Crippen molar-refractivity contribution in [3.63, 3.8) is 0 Å².